The molecule has 0 fully saturated rings. The first-order chi connectivity index (χ1) is 8.49. The van der Waals surface area contributed by atoms with E-state index in [2.05, 4.69) is 0 Å². The first-order valence-electron chi connectivity index (χ1n) is 5.25. The van der Waals surface area contributed by atoms with Crippen LogP contribution in [-0.2, 0) is 16.1 Å². The summed E-state index contributed by atoms with van der Waals surface area (Å²) < 4.78 is 12.7. The number of hydrogen-bond acceptors (Lipinski definition) is 4. The summed E-state index contributed by atoms with van der Waals surface area (Å²) in [5, 5.41) is 10.2. The van der Waals surface area contributed by atoms with Crippen molar-refractivity contribution in [2.45, 2.75) is 6.54 Å². The summed E-state index contributed by atoms with van der Waals surface area (Å²) in [5.41, 5.74) is 0.817. The van der Waals surface area contributed by atoms with Gasteiger partial charge in [-0.2, -0.15) is 0 Å². The van der Waals surface area contributed by atoms with Crippen molar-refractivity contribution < 1.29 is 19.1 Å². The highest BCUT2D eigenvalue weighted by Crippen LogP contribution is 2.07. The van der Waals surface area contributed by atoms with Crippen molar-refractivity contribution in [2.24, 2.45) is 0 Å². The van der Waals surface area contributed by atoms with Gasteiger partial charge in [0.05, 0.1) is 11.7 Å². The Kier molecular flexibility index (Phi) is 5.64. The number of aliphatic carboxylic acids is 1. The lowest BCUT2D eigenvalue weighted by Gasteiger charge is -2.17. The molecule has 98 valence electrons. The normalized spacial score (nSPS) is 10.1. The molecule has 0 aliphatic rings. The van der Waals surface area contributed by atoms with Crippen LogP contribution in [0.3, 0.4) is 0 Å². The highest BCUT2D eigenvalue weighted by molar-refractivity contribution is 8.00. The molecule has 1 rings (SSSR count). The van der Waals surface area contributed by atoms with Crippen molar-refractivity contribution in [3.05, 3.63) is 35.6 Å². The van der Waals surface area contributed by atoms with Crippen LogP contribution in [0.2, 0.25) is 0 Å². The summed E-state index contributed by atoms with van der Waals surface area (Å²) in [5.74, 6) is -1.79. The van der Waals surface area contributed by atoms with E-state index in [1.807, 2.05) is 0 Å². The molecule has 0 aliphatic heterocycles. The smallest absolute Gasteiger partial charge is 0.232 e. The highest BCUT2D eigenvalue weighted by atomic mass is 32.2. The first kappa shape index (κ1) is 14.5. The molecule has 0 N–H and O–H groups in total. The molecule has 0 aliphatic carbocycles. The SMILES string of the molecule is CN(Cc1ccc(F)cc1)C(=O)CSCC(=O)[O-]. The van der Waals surface area contributed by atoms with E-state index < -0.39 is 5.97 Å². The number of carbonyl (C=O) groups is 2. The van der Waals surface area contributed by atoms with E-state index in [-0.39, 0.29) is 23.2 Å². The fraction of sp³-hybridized carbons (Fsp3) is 0.333. The van der Waals surface area contributed by atoms with E-state index in [0.29, 0.717) is 6.54 Å². The number of hydrogen-bond donors (Lipinski definition) is 0. The van der Waals surface area contributed by atoms with Gasteiger partial charge in [-0.15, -0.1) is 11.8 Å². The van der Waals surface area contributed by atoms with Gasteiger partial charge in [-0.05, 0) is 17.7 Å². The highest BCUT2D eigenvalue weighted by Gasteiger charge is 2.09. The molecule has 4 nitrogen and oxygen atoms in total. The van der Waals surface area contributed by atoms with Gasteiger partial charge >= 0.3 is 0 Å². The third-order valence-corrected chi connectivity index (χ3v) is 3.10. The van der Waals surface area contributed by atoms with Gasteiger partial charge in [-0.1, -0.05) is 12.1 Å². The van der Waals surface area contributed by atoms with E-state index in [1.165, 1.54) is 17.0 Å². The number of nitrogens with zero attached hydrogens (tertiary/aromatic N) is 1. The van der Waals surface area contributed by atoms with Gasteiger partial charge in [-0.25, -0.2) is 4.39 Å². The number of halogens is 1. The molecule has 0 radical (unpaired) electrons. The van der Waals surface area contributed by atoms with Gasteiger partial charge in [0.15, 0.2) is 0 Å². The second-order valence-electron chi connectivity index (χ2n) is 3.74. The van der Waals surface area contributed by atoms with Gasteiger partial charge in [0.2, 0.25) is 5.91 Å². The summed E-state index contributed by atoms with van der Waals surface area (Å²) in [6, 6.07) is 5.87. The molecule has 0 heterocycles. The van der Waals surface area contributed by atoms with Crippen molar-refractivity contribution in [3.63, 3.8) is 0 Å². The van der Waals surface area contributed by atoms with Crippen LogP contribution in [0, 0.1) is 5.82 Å². The third-order valence-electron chi connectivity index (χ3n) is 2.20. The molecule has 1 aromatic rings. The molecule has 0 unspecified atom stereocenters. The largest absolute Gasteiger partial charge is 0.549 e. The molecule has 0 saturated carbocycles. The number of thioether (sulfide) groups is 1. The predicted octanol–water partition coefficient (Wildman–Crippen LogP) is 0.267. The van der Waals surface area contributed by atoms with Crippen LogP contribution in [0.25, 0.3) is 0 Å². The zero-order valence-electron chi connectivity index (χ0n) is 9.89. The Labute approximate surface area is 109 Å². The van der Waals surface area contributed by atoms with Crippen LogP contribution in [0.1, 0.15) is 5.56 Å². The molecule has 18 heavy (non-hydrogen) atoms. The Balaban J connectivity index is 2.39. The third kappa shape index (κ3) is 5.18. The minimum atomic E-state index is -1.19. The van der Waals surface area contributed by atoms with Crippen molar-refractivity contribution in [3.8, 4) is 0 Å². The average molecular weight is 270 g/mol. The molecule has 1 amide bonds. The van der Waals surface area contributed by atoms with Crippen LogP contribution < -0.4 is 5.11 Å². The van der Waals surface area contributed by atoms with Crippen LogP contribution in [0.15, 0.2) is 24.3 Å². The molecule has 0 aromatic heterocycles. The number of carboxylic acid groups (broad SMARTS) is 1. The molecule has 1 aromatic carbocycles. The number of rotatable bonds is 6. The Hall–Kier alpha value is -1.56. The van der Waals surface area contributed by atoms with Crippen LogP contribution >= 0.6 is 11.8 Å². The summed E-state index contributed by atoms with van der Waals surface area (Å²) in [6.07, 6.45) is 0. The molecule has 0 spiro atoms. The summed E-state index contributed by atoms with van der Waals surface area (Å²) in [7, 11) is 1.62. The van der Waals surface area contributed by atoms with Crippen molar-refractivity contribution >= 4 is 23.6 Å². The fourth-order valence-corrected chi connectivity index (χ4v) is 1.95. The maximum Gasteiger partial charge on any atom is 0.232 e. The average Bonchev–Trinajstić information content (AvgIpc) is 2.31. The minimum Gasteiger partial charge on any atom is -0.549 e. The van der Waals surface area contributed by atoms with Crippen LogP contribution in [0.4, 0.5) is 4.39 Å². The molecule has 0 bridgehead atoms. The quantitative estimate of drug-likeness (QED) is 0.744. The maximum absolute atomic E-state index is 12.7. The first-order valence-corrected chi connectivity index (χ1v) is 6.40. The summed E-state index contributed by atoms with van der Waals surface area (Å²) in [6.45, 7) is 0.366. The van der Waals surface area contributed by atoms with Crippen LogP contribution in [0.5, 0.6) is 0 Å². The van der Waals surface area contributed by atoms with E-state index in [4.69, 9.17) is 0 Å². The molecule has 0 saturated heterocycles. The van der Waals surface area contributed by atoms with Gasteiger partial charge in [-0.3, -0.25) is 4.79 Å². The van der Waals surface area contributed by atoms with Crippen molar-refractivity contribution in [2.75, 3.05) is 18.6 Å². The van der Waals surface area contributed by atoms with E-state index in [9.17, 15) is 19.1 Å². The van der Waals surface area contributed by atoms with Crippen molar-refractivity contribution in [1.29, 1.82) is 0 Å². The number of benzene rings is 1. The van der Waals surface area contributed by atoms with Gasteiger partial charge < -0.3 is 14.8 Å². The Morgan fingerprint density at radius 2 is 1.89 bits per heavy atom. The zero-order chi connectivity index (χ0) is 13.5. The monoisotopic (exact) mass is 270 g/mol. The Morgan fingerprint density at radius 1 is 1.28 bits per heavy atom. The lowest BCUT2D eigenvalue weighted by atomic mass is 10.2. The van der Waals surface area contributed by atoms with E-state index in [1.54, 1.807) is 19.2 Å². The number of amides is 1. The lowest BCUT2D eigenvalue weighted by Crippen LogP contribution is -2.29. The molecule has 6 heteroatoms. The topological polar surface area (TPSA) is 60.4 Å². The number of carbonyl (C=O) groups excluding carboxylic acids is 2. The predicted molar refractivity (Wildman–Crippen MR) is 65.2 cm³/mol. The van der Waals surface area contributed by atoms with E-state index in [0.717, 1.165) is 17.3 Å². The summed E-state index contributed by atoms with van der Waals surface area (Å²) >= 11 is 0.998. The second-order valence-corrected chi connectivity index (χ2v) is 4.73. The molecular weight excluding hydrogens is 257 g/mol. The maximum atomic E-state index is 12.7. The van der Waals surface area contributed by atoms with Gasteiger partial charge in [0, 0.05) is 19.3 Å². The van der Waals surface area contributed by atoms with Crippen LogP contribution in [-0.4, -0.2) is 35.3 Å². The van der Waals surface area contributed by atoms with Crippen molar-refractivity contribution in [1.82, 2.24) is 4.90 Å². The Morgan fingerprint density at radius 3 is 2.44 bits per heavy atom. The lowest BCUT2D eigenvalue weighted by molar-refractivity contribution is -0.301. The number of carboxylic acids is 1. The summed E-state index contributed by atoms with van der Waals surface area (Å²) in [4.78, 5) is 23.3. The van der Waals surface area contributed by atoms with E-state index >= 15 is 0 Å². The zero-order valence-corrected chi connectivity index (χ0v) is 10.7. The van der Waals surface area contributed by atoms with Gasteiger partial charge in [0.1, 0.15) is 5.82 Å². The Bertz CT molecular complexity index is 422. The molecule has 0 atom stereocenters. The standard InChI is InChI=1S/C12H14FNO3S/c1-14(11(15)7-18-8-12(16)17)6-9-2-4-10(13)5-3-9/h2-5H,6-8H2,1H3,(H,16,17)/p-1. The minimum absolute atomic E-state index is 0.0890. The fourth-order valence-electron chi connectivity index (χ4n) is 1.28. The second kappa shape index (κ2) is 7.00. The van der Waals surface area contributed by atoms with Gasteiger partial charge in [0.25, 0.3) is 0 Å². The molecular formula is C12H13FNO3S-.